The minimum absolute atomic E-state index is 0.170. The third-order valence-electron chi connectivity index (χ3n) is 1.45. The molecule has 0 N–H and O–H groups in total. The maximum Gasteiger partial charge on any atom is 0.305 e. The van der Waals surface area contributed by atoms with Gasteiger partial charge in [-0.05, 0) is 13.3 Å². The van der Waals surface area contributed by atoms with E-state index in [-0.39, 0.29) is 12.6 Å². The summed E-state index contributed by atoms with van der Waals surface area (Å²) in [7, 11) is 1.52. The van der Waals surface area contributed by atoms with Crippen LogP contribution in [0.5, 0.6) is 0 Å². The highest BCUT2D eigenvalue weighted by Crippen LogP contribution is 1.97. The van der Waals surface area contributed by atoms with Crippen molar-refractivity contribution in [2.75, 3.05) is 20.3 Å². The number of ether oxygens (including phenoxy) is 3. The number of carbonyl (C=O) groups excluding carboxylic acids is 1. The molecule has 0 aliphatic rings. The highest BCUT2D eigenvalue weighted by Gasteiger charge is 2.09. The van der Waals surface area contributed by atoms with Crippen LogP contribution in [0.3, 0.4) is 0 Å². The Bertz CT molecular complexity index is 136. The summed E-state index contributed by atoms with van der Waals surface area (Å²) in [4.78, 5) is 10.9. The number of hydrogen-bond donors (Lipinski definition) is 0. The van der Waals surface area contributed by atoms with E-state index in [0.29, 0.717) is 13.0 Å². The summed E-state index contributed by atoms with van der Waals surface area (Å²) >= 11 is 0. The van der Waals surface area contributed by atoms with Gasteiger partial charge in [0, 0.05) is 20.1 Å². The molecular weight excluding hydrogens is 172 g/mol. The van der Waals surface area contributed by atoms with Gasteiger partial charge >= 0.3 is 5.97 Å². The van der Waals surface area contributed by atoms with Crippen LogP contribution in [0.2, 0.25) is 0 Å². The maximum absolute atomic E-state index is 10.9. The third-order valence-corrected chi connectivity index (χ3v) is 1.45. The number of hydrogen-bond acceptors (Lipinski definition) is 4. The predicted molar refractivity (Wildman–Crippen MR) is 48.3 cm³/mol. The van der Waals surface area contributed by atoms with Crippen LogP contribution in [0.1, 0.15) is 26.7 Å². The molecule has 0 heterocycles. The Morgan fingerprint density at radius 2 is 2.08 bits per heavy atom. The standard InChI is InChI=1S/C9H18O4/c1-4-6-8(10)13-7-9(11-3)12-5-2/h9H,4-7H2,1-3H3. The van der Waals surface area contributed by atoms with Crippen LogP contribution in [-0.4, -0.2) is 32.6 Å². The molecule has 0 aromatic carbocycles. The van der Waals surface area contributed by atoms with Gasteiger partial charge in [0.05, 0.1) is 0 Å². The first-order valence-electron chi connectivity index (χ1n) is 4.54. The van der Waals surface area contributed by atoms with Crippen molar-refractivity contribution in [3.63, 3.8) is 0 Å². The molecular formula is C9H18O4. The van der Waals surface area contributed by atoms with Gasteiger partial charge in [-0.25, -0.2) is 0 Å². The Morgan fingerprint density at radius 3 is 2.54 bits per heavy atom. The third kappa shape index (κ3) is 6.54. The molecule has 0 saturated heterocycles. The van der Waals surface area contributed by atoms with Crippen LogP contribution in [0.15, 0.2) is 0 Å². The summed E-state index contributed by atoms with van der Waals surface area (Å²) in [6, 6.07) is 0. The molecule has 0 aliphatic carbocycles. The molecule has 0 spiro atoms. The largest absolute Gasteiger partial charge is 0.460 e. The van der Waals surface area contributed by atoms with Gasteiger partial charge in [0.25, 0.3) is 0 Å². The molecule has 4 heteroatoms. The van der Waals surface area contributed by atoms with Gasteiger partial charge in [-0.2, -0.15) is 0 Å². The molecule has 0 aromatic rings. The summed E-state index contributed by atoms with van der Waals surface area (Å²) in [6.07, 6.45) is 0.805. The first-order valence-corrected chi connectivity index (χ1v) is 4.54. The average molecular weight is 190 g/mol. The Hall–Kier alpha value is -0.610. The lowest BCUT2D eigenvalue weighted by molar-refractivity contribution is -0.172. The van der Waals surface area contributed by atoms with Crippen molar-refractivity contribution in [3.8, 4) is 0 Å². The molecule has 0 rings (SSSR count). The number of esters is 1. The van der Waals surface area contributed by atoms with Gasteiger partial charge in [-0.1, -0.05) is 6.92 Å². The summed E-state index contributed by atoms with van der Waals surface area (Å²) in [5.74, 6) is -0.204. The first-order chi connectivity index (χ1) is 6.24. The van der Waals surface area contributed by atoms with Crippen LogP contribution >= 0.6 is 0 Å². The molecule has 0 radical (unpaired) electrons. The zero-order valence-corrected chi connectivity index (χ0v) is 8.54. The van der Waals surface area contributed by atoms with Crippen LogP contribution in [0, 0.1) is 0 Å². The summed E-state index contributed by atoms with van der Waals surface area (Å²) in [5, 5.41) is 0. The highest BCUT2D eigenvalue weighted by molar-refractivity contribution is 5.69. The molecule has 0 saturated carbocycles. The lowest BCUT2D eigenvalue weighted by Gasteiger charge is -2.14. The second-order valence-corrected chi connectivity index (χ2v) is 2.55. The molecule has 0 fully saturated rings. The Kier molecular flexibility index (Phi) is 7.63. The van der Waals surface area contributed by atoms with E-state index in [1.165, 1.54) is 7.11 Å². The minimum atomic E-state index is -0.439. The number of rotatable bonds is 7. The van der Waals surface area contributed by atoms with E-state index in [4.69, 9.17) is 14.2 Å². The van der Waals surface area contributed by atoms with E-state index in [9.17, 15) is 4.79 Å². The quantitative estimate of drug-likeness (QED) is 0.449. The van der Waals surface area contributed by atoms with E-state index < -0.39 is 6.29 Å². The van der Waals surface area contributed by atoms with E-state index in [1.54, 1.807) is 0 Å². The lowest BCUT2D eigenvalue weighted by Crippen LogP contribution is -2.23. The van der Waals surface area contributed by atoms with Crippen molar-refractivity contribution in [3.05, 3.63) is 0 Å². The molecule has 0 aromatic heterocycles. The predicted octanol–water partition coefficient (Wildman–Crippen LogP) is 1.34. The Morgan fingerprint density at radius 1 is 1.38 bits per heavy atom. The van der Waals surface area contributed by atoms with Crippen molar-refractivity contribution in [1.29, 1.82) is 0 Å². The molecule has 0 amide bonds. The molecule has 1 unspecified atom stereocenters. The van der Waals surface area contributed by atoms with Gasteiger partial charge in [0.2, 0.25) is 0 Å². The Balaban J connectivity index is 3.52. The number of methoxy groups -OCH3 is 1. The van der Waals surface area contributed by atoms with Crippen molar-refractivity contribution in [2.45, 2.75) is 33.0 Å². The van der Waals surface area contributed by atoms with Gasteiger partial charge < -0.3 is 14.2 Å². The SMILES string of the molecule is CCCC(=O)OCC(OC)OCC. The van der Waals surface area contributed by atoms with Crippen LogP contribution in [-0.2, 0) is 19.0 Å². The summed E-state index contributed by atoms with van der Waals surface area (Å²) in [6.45, 7) is 4.50. The normalized spacial score (nSPS) is 12.5. The lowest BCUT2D eigenvalue weighted by atomic mass is 10.3. The molecule has 0 aliphatic heterocycles. The summed E-state index contributed by atoms with van der Waals surface area (Å²) < 4.78 is 14.9. The smallest absolute Gasteiger partial charge is 0.305 e. The molecule has 0 bridgehead atoms. The van der Waals surface area contributed by atoms with Crippen molar-refractivity contribution >= 4 is 5.97 Å². The molecule has 4 nitrogen and oxygen atoms in total. The van der Waals surface area contributed by atoms with Gasteiger partial charge in [-0.3, -0.25) is 4.79 Å². The van der Waals surface area contributed by atoms with E-state index in [0.717, 1.165) is 6.42 Å². The van der Waals surface area contributed by atoms with Crippen LogP contribution < -0.4 is 0 Å². The second-order valence-electron chi connectivity index (χ2n) is 2.55. The van der Waals surface area contributed by atoms with E-state index >= 15 is 0 Å². The zero-order valence-electron chi connectivity index (χ0n) is 8.54. The van der Waals surface area contributed by atoms with E-state index in [1.807, 2.05) is 13.8 Å². The van der Waals surface area contributed by atoms with Crippen molar-refractivity contribution in [1.82, 2.24) is 0 Å². The fraction of sp³-hybridized carbons (Fsp3) is 0.889. The summed E-state index contributed by atoms with van der Waals surface area (Å²) in [5.41, 5.74) is 0. The Labute approximate surface area is 79.2 Å². The first kappa shape index (κ1) is 12.4. The highest BCUT2D eigenvalue weighted by atomic mass is 16.7. The van der Waals surface area contributed by atoms with Crippen molar-refractivity contribution in [2.24, 2.45) is 0 Å². The fourth-order valence-corrected chi connectivity index (χ4v) is 0.807. The van der Waals surface area contributed by atoms with E-state index in [2.05, 4.69) is 0 Å². The molecule has 1 atom stereocenters. The monoisotopic (exact) mass is 190 g/mol. The minimum Gasteiger partial charge on any atom is -0.460 e. The van der Waals surface area contributed by atoms with Gasteiger partial charge in [0.1, 0.15) is 6.61 Å². The van der Waals surface area contributed by atoms with Crippen LogP contribution in [0.4, 0.5) is 0 Å². The van der Waals surface area contributed by atoms with Crippen LogP contribution in [0.25, 0.3) is 0 Å². The molecule has 78 valence electrons. The molecule has 13 heavy (non-hydrogen) atoms. The van der Waals surface area contributed by atoms with Crippen molar-refractivity contribution < 1.29 is 19.0 Å². The second kappa shape index (κ2) is 8.01. The average Bonchev–Trinajstić information content (AvgIpc) is 2.12. The topological polar surface area (TPSA) is 44.8 Å². The zero-order chi connectivity index (χ0) is 10.1. The van der Waals surface area contributed by atoms with Gasteiger partial charge in [-0.15, -0.1) is 0 Å². The van der Waals surface area contributed by atoms with Gasteiger partial charge in [0.15, 0.2) is 6.29 Å². The maximum atomic E-state index is 10.9. The fourth-order valence-electron chi connectivity index (χ4n) is 0.807. The number of carbonyl (C=O) groups is 1.